The van der Waals surface area contributed by atoms with E-state index in [4.69, 9.17) is 5.11 Å². The Kier molecular flexibility index (Phi) is 3.97. The number of halogens is 2. The Morgan fingerprint density at radius 1 is 1.30 bits per heavy atom. The summed E-state index contributed by atoms with van der Waals surface area (Å²) in [5.41, 5.74) is -0.209. The molecule has 0 amide bonds. The van der Waals surface area contributed by atoms with Crippen LogP contribution in [0.2, 0.25) is 0 Å². The zero-order valence-corrected chi connectivity index (χ0v) is 11.7. The molecule has 1 aliphatic rings. The summed E-state index contributed by atoms with van der Waals surface area (Å²) in [6.45, 7) is 5.66. The van der Waals surface area contributed by atoms with Gasteiger partial charge in [0.05, 0.1) is 11.3 Å². The average Bonchev–Trinajstić information content (AvgIpc) is 2.43. The van der Waals surface area contributed by atoms with E-state index in [0.29, 0.717) is 13.1 Å². The van der Waals surface area contributed by atoms with Crippen LogP contribution in [0, 0.1) is 17.0 Å². The van der Waals surface area contributed by atoms with E-state index in [2.05, 4.69) is 13.8 Å². The van der Waals surface area contributed by atoms with E-state index in [-0.39, 0.29) is 11.1 Å². The second kappa shape index (κ2) is 5.38. The standard InChI is InChI=1S/C15H19F2NO2/c1-3-15(2)6-8-18(9-7-15)11-5-4-10(14(19)20)12(16)13(11)17/h4-5H,3,6-9H2,1-2H3,(H,19,20). The van der Waals surface area contributed by atoms with E-state index in [1.54, 1.807) is 4.90 Å². The first-order valence-corrected chi connectivity index (χ1v) is 6.84. The predicted octanol–water partition coefficient (Wildman–Crippen LogP) is 3.68. The summed E-state index contributed by atoms with van der Waals surface area (Å²) >= 11 is 0. The van der Waals surface area contributed by atoms with E-state index in [0.717, 1.165) is 25.3 Å². The van der Waals surface area contributed by atoms with Gasteiger partial charge in [-0.1, -0.05) is 20.3 Å². The van der Waals surface area contributed by atoms with Crippen molar-refractivity contribution in [2.24, 2.45) is 5.41 Å². The molecule has 1 aliphatic heterocycles. The van der Waals surface area contributed by atoms with E-state index >= 15 is 0 Å². The molecule has 1 heterocycles. The average molecular weight is 283 g/mol. The number of anilines is 1. The molecule has 1 aromatic rings. The monoisotopic (exact) mass is 283 g/mol. The molecule has 0 spiro atoms. The SMILES string of the molecule is CCC1(C)CCN(c2ccc(C(=O)O)c(F)c2F)CC1. The van der Waals surface area contributed by atoms with Crippen LogP contribution in [0.1, 0.15) is 43.5 Å². The third-order valence-electron chi connectivity index (χ3n) is 4.46. The first-order chi connectivity index (χ1) is 9.38. The minimum Gasteiger partial charge on any atom is -0.478 e. The summed E-state index contributed by atoms with van der Waals surface area (Å²) in [5, 5.41) is 8.77. The fourth-order valence-electron chi connectivity index (χ4n) is 2.59. The predicted molar refractivity (Wildman–Crippen MR) is 73.2 cm³/mol. The van der Waals surface area contributed by atoms with Crippen LogP contribution in [-0.4, -0.2) is 24.2 Å². The highest BCUT2D eigenvalue weighted by atomic mass is 19.2. The molecule has 0 radical (unpaired) electrons. The number of carbonyl (C=O) groups is 1. The minimum absolute atomic E-state index is 0.158. The van der Waals surface area contributed by atoms with E-state index in [1.165, 1.54) is 6.07 Å². The maximum absolute atomic E-state index is 14.0. The second-order valence-electron chi connectivity index (χ2n) is 5.72. The van der Waals surface area contributed by atoms with Crippen LogP contribution >= 0.6 is 0 Å². The van der Waals surface area contributed by atoms with Crippen molar-refractivity contribution < 1.29 is 18.7 Å². The third-order valence-corrected chi connectivity index (χ3v) is 4.46. The molecular weight excluding hydrogens is 264 g/mol. The maximum Gasteiger partial charge on any atom is 0.338 e. The van der Waals surface area contributed by atoms with Crippen LogP contribution in [0.15, 0.2) is 12.1 Å². The van der Waals surface area contributed by atoms with Gasteiger partial charge in [-0.25, -0.2) is 13.6 Å². The van der Waals surface area contributed by atoms with E-state index in [1.807, 2.05) is 0 Å². The van der Waals surface area contributed by atoms with Crippen LogP contribution in [0.5, 0.6) is 0 Å². The number of hydrogen-bond donors (Lipinski definition) is 1. The third kappa shape index (κ3) is 2.62. The lowest BCUT2D eigenvalue weighted by atomic mass is 9.78. The normalized spacial score (nSPS) is 18.1. The Bertz CT molecular complexity index is 523. The molecule has 0 atom stereocenters. The number of nitrogens with zero attached hydrogens (tertiary/aromatic N) is 1. The highest BCUT2D eigenvalue weighted by molar-refractivity contribution is 5.88. The summed E-state index contributed by atoms with van der Waals surface area (Å²) in [6.07, 6.45) is 2.91. The van der Waals surface area contributed by atoms with Crippen LogP contribution in [-0.2, 0) is 0 Å². The molecule has 1 aromatic carbocycles. The van der Waals surface area contributed by atoms with Crippen LogP contribution < -0.4 is 4.90 Å². The Morgan fingerprint density at radius 2 is 1.90 bits per heavy atom. The van der Waals surface area contributed by atoms with Crippen molar-refractivity contribution in [3.8, 4) is 0 Å². The zero-order valence-electron chi connectivity index (χ0n) is 11.7. The molecule has 110 valence electrons. The lowest BCUT2D eigenvalue weighted by molar-refractivity contribution is 0.0690. The highest BCUT2D eigenvalue weighted by Gasteiger charge is 2.30. The van der Waals surface area contributed by atoms with Gasteiger partial charge in [0.1, 0.15) is 0 Å². The van der Waals surface area contributed by atoms with Crippen molar-refractivity contribution in [3.63, 3.8) is 0 Å². The summed E-state index contributed by atoms with van der Waals surface area (Å²) in [7, 11) is 0. The maximum atomic E-state index is 14.0. The Hall–Kier alpha value is -1.65. The highest BCUT2D eigenvalue weighted by Crippen LogP contribution is 2.36. The number of carboxylic acid groups (broad SMARTS) is 1. The molecule has 0 saturated carbocycles. The molecule has 20 heavy (non-hydrogen) atoms. The van der Waals surface area contributed by atoms with Gasteiger partial charge in [0.2, 0.25) is 0 Å². The van der Waals surface area contributed by atoms with Crippen LogP contribution in [0.25, 0.3) is 0 Å². The Morgan fingerprint density at radius 3 is 2.40 bits per heavy atom. The Labute approximate surface area is 117 Å². The number of benzene rings is 1. The fourth-order valence-corrected chi connectivity index (χ4v) is 2.59. The lowest BCUT2D eigenvalue weighted by Gasteiger charge is -2.40. The molecule has 3 nitrogen and oxygen atoms in total. The van der Waals surface area contributed by atoms with Crippen molar-refractivity contribution in [2.75, 3.05) is 18.0 Å². The first-order valence-electron chi connectivity index (χ1n) is 6.84. The van der Waals surface area contributed by atoms with Crippen LogP contribution in [0.4, 0.5) is 14.5 Å². The first kappa shape index (κ1) is 14.8. The van der Waals surface area contributed by atoms with Gasteiger partial charge < -0.3 is 10.0 Å². The molecule has 0 aromatic heterocycles. The van der Waals surface area contributed by atoms with Crippen molar-refractivity contribution in [1.82, 2.24) is 0 Å². The molecule has 5 heteroatoms. The second-order valence-corrected chi connectivity index (χ2v) is 5.72. The molecule has 0 bridgehead atoms. The molecule has 1 fully saturated rings. The van der Waals surface area contributed by atoms with Gasteiger partial charge in [0.25, 0.3) is 0 Å². The smallest absolute Gasteiger partial charge is 0.338 e. The molecule has 2 rings (SSSR count). The molecule has 1 saturated heterocycles. The van der Waals surface area contributed by atoms with E-state index < -0.39 is 23.2 Å². The van der Waals surface area contributed by atoms with Gasteiger partial charge in [-0.2, -0.15) is 0 Å². The van der Waals surface area contributed by atoms with Crippen molar-refractivity contribution in [3.05, 3.63) is 29.3 Å². The van der Waals surface area contributed by atoms with Gasteiger partial charge >= 0.3 is 5.97 Å². The van der Waals surface area contributed by atoms with Crippen LogP contribution in [0.3, 0.4) is 0 Å². The zero-order chi connectivity index (χ0) is 14.9. The van der Waals surface area contributed by atoms with Crippen molar-refractivity contribution in [1.29, 1.82) is 0 Å². The van der Waals surface area contributed by atoms with Gasteiger partial charge in [-0.3, -0.25) is 0 Å². The molecular formula is C15H19F2NO2. The number of aromatic carboxylic acids is 1. The lowest BCUT2D eigenvalue weighted by Crippen LogP contribution is -2.39. The van der Waals surface area contributed by atoms with Crippen molar-refractivity contribution >= 4 is 11.7 Å². The van der Waals surface area contributed by atoms with E-state index in [9.17, 15) is 13.6 Å². The number of carboxylic acids is 1. The van der Waals surface area contributed by atoms with Crippen molar-refractivity contribution in [2.45, 2.75) is 33.1 Å². The Balaban J connectivity index is 2.23. The quantitative estimate of drug-likeness (QED) is 0.920. The number of hydrogen-bond acceptors (Lipinski definition) is 2. The summed E-state index contributed by atoms with van der Waals surface area (Å²) in [5.74, 6) is -3.80. The summed E-state index contributed by atoms with van der Waals surface area (Å²) in [4.78, 5) is 12.6. The van der Waals surface area contributed by atoms with Gasteiger partial charge in [-0.05, 0) is 30.4 Å². The largest absolute Gasteiger partial charge is 0.478 e. The molecule has 0 unspecified atom stereocenters. The van der Waals surface area contributed by atoms with Gasteiger partial charge in [0.15, 0.2) is 11.6 Å². The number of piperidine rings is 1. The molecule has 1 N–H and O–H groups in total. The topological polar surface area (TPSA) is 40.5 Å². The molecule has 0 aliphatic carbocycles. The van der Waals surface area contributed by atoms with Gasteiger partial charge in [0, 0.05) is 13.1 Å². The summed E-state index contributed by atoms with van der Waals surface area (Å²) in [6, 6.07) is 2.49. The van der Waals surface area contributed by atoms with Gasteiger partial charge in [-0.15, -0.1) is 0 Å². The minimum atomic E-state index is -1.45. The fraction of sp³-hybridized carbons (Fsp3) is 0.533. The summed E-state index contributed by atoms with van der Waals surface area (Å²) < 4.78 is 27.7. The number of rotatable bonds is 3.